The molecule has 10 aromatic rings. The normalized spacial score (nSPS) is 11.3. The lowest BCUT2D eigenvalue weighted by molar-refractivity contribution is 1.23. The molecular weight excluding hydrogens is 657 g/mol. The predicted octanol–water partition coefficient (Wildman–Crippen LogP) is 12.7. The monoisotopic (exact) mass is 688 g/mol. The maximum atomic E-state index is 5.22. The van der Waals surface area contributed by atoms with Crippen LogP contribution >= 0.6 is 0 Å². The molecule has 0 aliphatic rings. The maximum absolute atomic E-state index is 5.22. The molecule has 0 fully saturated rings. The summed E-state index contributed by atoms with van der Waals surface area (Å²) in [7, 11) is 0. The largest absolute Gasteiger partial charge is 0.228 e. The smallest absolute Gasteiger partial charge is 0.160 e. The van der Waals surface area contributed by atoms with Crippen LogP contribution in [0.15, 0.2) is 194 Å². The molecule has 4 heteroatoms. The lowest BCUT2D eigenvalue weighted by atomic mass is 9.98. The van der Waals surface area contributed by atoms with Crippen molar-refractivity contribution < 1.29 is 0 Å². The second-order valence-corrected chi connectivity index (χ2v) is 13.5. The number of benzene rings is 8. The van der Waals surface area contributed by atoms with Crippen LogP contribution in [0.5, 0.6) is 0 Å². The predicted molar refractivity (Wildman–Crippen MR) is 223 cm³/mol. The lowest BCUT2D eigenvalue weighted by Crippen LogP contribution is -1.96. The van der Waals surface area contributed by atoms with Crippen molar-refractivity contribution in [3.05, 3.63) is 194 Å². The van der Waals surface area contributed by atoms with E-state index >= 15 is 0 Å². The first-order chi connectivity index (χ1) is 26.7. The second-order valence-electron chi connectivity index (χ2n) is 13.5. The fourth-order valence-corrected chi connectivity index (χ4v) is 7.33. The fourth-order valence-electron chi connectivity index (χ4n) is 7.33. The van der Waals surface area contributed by atoms with Gasteiger partial charge in [0.25, 0.3) is 0 Å². The van der Waals surface area contributed by atoms with Gasteiger partial charge in [-0.25, -0.2) is 19.9 Å². The third-order valence-corrected chi connectivity index (χ3v) is 10.0. The van der Waals surface area contributed by atoms with Crippen LogP contribution in [0.3, 0.4) is 0 Å². The Labute approximate surface area is 313 Å². The summed E-state index contributed by atoms with van der Waals surface area (Å²) in [5.74, 6) is 1.41. The van der Waals surface area contributed by atoms with Gasteiger partial charge in [-0.3, -0.25) is 0 Å². The lowest BCUT2D eigenvalue weighted by Gasteiger charge is -2.13. The van der Waals surface area contributed by atoms with E-state index in [1.54, 1.807) is 0 Å². The third-order valence-electron chi connectivity index (χ3n) is 10.0. The minimum Gasteiger partial charge on any atom is -0.228 e. The van der Waals surface area contributed by atoms with Gasteiger partial charge >= 0.3 is 0 Å². The van der Waals surface area contributed by atoms with Crippen molar-refractivity contribution in [2.45, 2.75) is 0 Å². The summed E-state index contributed by atoms with van der Waals surface area (Å²) >= 11 is 0. The molecule has 0 saturated carbocycles. The van der Waals surface area contributed by atoms with Gasteiger partial charge in [0.15, 0.2) is 11.6 Å². The van der Waals surface area contributed by atoms with Crippen molar-refractivity contribution in [3.8, 4) is 67.5 Å². The summed E-state index contributed by atoms with van der Waals surface area (Å²) in [5, 5.41) is 4.29. The number of hydrogen-bond donors (Lipinski definition) is 0. The van der Waals surface area contributed by atoms with Gasteiger partial charge in [-0.05, 0) is 69.4 Å². The molecule has 0 amide bonds. The SMILES string of the molecule is c1ccc(-c2cccc(-c3nc(-c4ccc5cc(-c6nc(-c7cccc(-c8ccccc8)c7)nc7ccccc67)ccc5c4)c4ccccc4n3)c2)cc1. The average molecular weight is 689 g/mol. The summed E-state index contributed by atoms with van der Waals surface area (Å²) < 4.78 is 0. The Bertz CT molecular complexity index is 2790. The van der Waals surface area contributed by atoms with E-state index in [-0.39, 0.29) is 0 Å². The van der Waals surface area contributed by atoms with Crippen molar-refractivity contribution in [1.82, 2.24) is 19.9 Å². The molecule has 0 radical (unpaired) electrons. The molecule has 8 aromatic carbocycles. The van der Waals surface area contributed by atoms with Gasteiger partial charge < -0.3 is 0 Å². The van der Waals surface area contributed by atoms with Gasteiger partial charge in [0.2, 0.25) is 0 Å². The van der Waals surface area contributed by atoms with E-state index in [1.165, 1.54) is 0 Å². The first kappa shape index (κ1) is 31.4. The molecule has 0 atom stereocenters. The number of fused-ring (bicyclic) bond motifs is 3. The quantitative estimate of drug-likeness (QED) is 0.174. The Morgan fingerprint density at radius 2 is 0.630 bits per heavy atom. The molecule has 0 aliphatic heterocycles. The van der Waals surface area contributed by atoms with Crippen LogP contribution in [-0.2, 0) is 0 Å². The first-order valence-corrected chi connectivity index (χ1v) is 18.1. The zero-order chi connectivity index (χ0) is 35.8. The van der Waals surface area contributed by atoms with Crippen LogP contribution in [0.1, 0.15) is 0 Å². The Morgan fingerprint density at radius 1 is 0.241 bits per heavy atom. The molecule has 0 unspecified atom stereocenters. The summed E-state index contributed by atoms with van der Waals surface area (Å²) in [5.41, 5.74) is 12.3. The van der Waals surface area contributed by atoms with E-state index in [0.29, 0.717) is 11.6 Å². The summed E-state index contributed by atoms with van der Waals surface area (Å²) in [4.78, 5) is 20.5. The number of rotatable bonds is 6. The fraction of sp³-hybridized carbons (Fsp3) is 0. The second kappa shape index (κ2) is 13.4. The highest BCUT2D eigenvalue weighted by Crippen LogP contribution is 2.35. The molecule has 54 heavy (non-hydrogen) atoms. The highest BCUT2D eigenvalue weighted by molar-refractivity contribution is 6.00. The van der Waals surface area contributed by atoms with Crippen molar-refractivity contribution in [2.75, 3.05) is 0 Å². The standard InChI is InChI=1S/C50H32N4/c1-3-13-33(14-4-1)35-17-11-19-41(31-35)49-51-45-23-9-7-21-43(45)47(53-49)39-27-25-38-30-40(28-26-37(38)29-39)48-44-22-8-10-24-46(44)52-50(54-48)42-20-12-18-36(32-42)34-15-5-2-6-16-34/h1-32H. The molecule has 10 rings (SSSR count). The van der Waals surface area contributed by atoms with Crippen LogP contribution < -0.4 is 0 Å². The Hall–Kier alpha value is -7.30. The topological polar surface area (TPSA) is 51.6 Å². The molecule has 0 saturated heterocycles. The number of hydrogen-bond acceptors (Lipinski definition) is 4. The first-order valence-electron chi connectivity index (χ1n) is 18.1. The van der Waals surface area contributed by atoms with Gasteiger partial charge in [-0.2, -0.15) is 0 Å². The van der Waals surface area contributed by atoms with E-state index in [1.807, 2.05) is 24.3 Å². The van der Waals surface area contributed by atoms with E-state index in [0.717, 1.165) is 88.5 Å². The molecule has 0 spiro atoms. The van der Waals surface area contributed by atoms with Crippen LogP contribution in [0.4, 0.5) is 0 Å². The Balaban J connectivity index is 1.05. The summed E-state index contributed by atoms with van der Waals surface area (Å²) in [6.45, 7) is 0. The maximum Gasteiger partial charge on any atom is 0.160 e. The Kier molecular flexibility index (Phi) is 7.77. The highest BCUT2D eigenvalue weighted by Gasteiger charge is 2.15. The van der Waals surface area contributed by atoms with E-state index in [9.17, 15) is 0 Å². The molecule has 252 valence electrons. The molecule has 0 aliphatic carbocycles. The van der Waals surface area contributed by atoms with Crippen molar-refractivity contribution in [2.24, 2.45) is 0 Å². The minimum atomic E-state index is 0.706. The van der Waals surface area contributed by atoms with Crippen LogP contribution in [0.25, 0.3) is 100 Å². The molecular formula is C50H32N4. The van der Waals surface area contributed by atoms with E-state index in [4.69, 9.17) is 19.9 Å². The highest BCUT2D eigenvalue weighted by atomic mass is 14.9. The van der Waals surface area contributed by atoms with Gasteiger partial charge in [-0.15, -0.1) is 0 Å². The van der Waals surface area contributed by atoms with Gasteiger partial charge in [0.05, 0.1) is 22.4 Å². The molecule has 2 aromatic heterocycles. The van der Waals surface area contributed by atoms with E-state index < -0.39 is 0 Å². The summed E-state index contributed by atoms with van der Waals surface area (Å²) in [6.07, 6.45) is 0. The van der Waals surface area contributed by atoms with Gasteiger partial charge in [0.1, 0.15) is 0 Å². The third kappa shape index (κ3) is 5.86. The zero-order valence-electron chi connectivity index (χ0n) is 29.3. The number of para-hydroxylation sites is 2. The number of aromatic nitrogens is 4. The summed E-state index contributed by atoms with van der Waals surface area (Å²) in [6, 6.07) is 67.5. The Morgan fingerprint density at radius 3 is 1.09 bits per heavy atom. The molecule has 2 heterocycles. The molecule has 0 N–H and O–H groups in total. The van der Waals surface area contributed by atoms with Crippen LogP contribution in [-0.4, -0.2) is 19.9 Å². The van der Waals surface area contributed by atoms with E-state index in [2.05, 4.69) is 170 Å². The van der Waals surface area contributed by atoms with Crippen molar-refractivity contribution in [1.29, 1.82) is 0 Å². The molecule has 4 nitrogen and oxygen atoms in total. The number of nitrogens with zero attached hydrogens (tertiary/aromatic N) is 4. The van der Waals surface area contributed by atoms with Crippen LogP contribution in [0, 0.1) is 0 Å². The van der Waals surface area contributed by atoms with Crippen molar-refractivity contribution in [3.63, 3.8) is 0 Å². The van der Waals surface area contributed by atoms with Crippen LogP contribution in [0.2, 0.25) is 0 Å². The zero-order valence-corrected chi connectivity index (χ0v) is 29.3. The molecule has 0 bridgehead atoms. The average Bonchev–Trinajstić information content (AvgIpc) is 3.26. The minimum absolute atomic E-state index is 0.706. The van der Waals surface area contributed by atoms with Crippen molar-refractivity contribution >= 4 is 32.6 Å². The van der Waals surface area contributed by atoms with Gasteiger partial charge in [-0.1, -0.05) is 158 Å². The van der Waals surface area contributed by atoms with Gasteiger partial charge in [0, 0.05) is 33.0 Å².